The fourth-order valence-electron chi connectivity index (χ4n) is 4.35. The van der Waals surface area contributed by atoms with Crippen LogP contribution in [0.2, 0.25) is 0 Å². The second kappa shape index (κ2) is 9.77. The molecule has 1 heterocycles. The largest absolute Gasteiger partial charge is 0.467 e. The van der Waals surface area contributed by atoms with Gasteiger partial charge in [-0.25, -0.2) is 9.78 Å². The van der Waals surface area contributed by atoms with Crippen molar-refractivity contribution < 1.29 is 14.3 Å². The van der Waals surface area contributed by atoms with Crippen LogP contribution in [0.1, 0.15) is 15.9 Å². The molecule has 5 heteroatoms. The average molecular weight is 461 g/mol. The van der Waals surface area contributed by atoms with Gasteiger partial charge in [-0.2, -0.15) is 0 Å². The van der Waals surface area contributed by atoms with Crippen molar-refractivity contribution >= 4 is 33.7 Å². The summed E-state index contributed by atoms with van der Waals surface area (Å²) in [7, 11) is 1.33. The number of hydrogen-bond acceptors (Lipinski definition) is 4. The second-order valence-electron chi connectivity index (χ2n) is 8.34. The number of nitrogens with zero attached hydrogens (tertiary/aromatic N) is 1. The average Bonchev–Trinajstić information content (AvgIpc) is 2.91. The number of pyridine rings is 1. The summed E-state index contributed by atoms with van der Waals surface area (Å²) in [6.45, 7) is 0. The highest BCUT2D eigenvalue weighted by Crippen LogP contribution is 2.26. The lowest BCUT2D eigenvalue weighted by atomic mass is 9.99. The van der Waals surface area contributed by atoms with E-state index in [0.29, 0.717) is 12.0 Å². The van der Waals surface area contributed by atoms with Gasteiger partial charge in [0, 0.05) is 17.2 Å². The minimum absolute atomic E-state index is 0.314. The van der Waals surface area contributed by atoms with Crippen LogP contribution in [0.3, 0.4) is 0 Å². The third kappa shape index (κ3) is 4.62. The van der Waals surface area contributed by atoms with Crippen LogP contribution < -0.4 is 5.32 Å². The van der Waals surface area contributed by atoms with Crippen molar-refractivity contribution in [2.24, 2.45) is 0 Å². The summed E-state index contributed by atoms with van der Waals surface area (Å²) in [5.41, 5.74) is 5.07. The van der Waals surface area contributed by atoms with Crippen LogP contribution in [-0.2, 0) is 16.0 Å². The quantitative estimate of drug-likeness (QED) is 0.266. The standard InChI is InChI=1S/C30H24N2O3/c1-35-30(34)27(19-20-15-17-22(18-16-20)21-9-3-2-4-10-21)32-29(33)28-23-11-5-7-13-25(23)31-26-14-8-6-12-24(26)28/h2-18,27H,19H2,1H3,(H,32,33)/t27-/m1/s1. The maximum Gasteiger partial charge on any atom is 0.328 e. The number of para-hydroxylation sites is 2. The van der Waals surface area contributed by atoms with E-state index < -0.39 is 12.0 Å². The zero-order valence-electron chi connectivity index (χ0n) is 19.3. The fourth-order valence-corrected chi connectivity index (χ4v) is 4.35. The van der Waals surface area contributed by atoms with Gasteiger partial charge in [0.05, 0.1) is 23.7 Å². The number of carbonyl (C=O) groups excluding carboxylic acids is 2. The Bertz CT molecular complexity index is 1460. The van der Waals surface area contributed by atoms with E-state index in [2.05, 4.69) is 22.4 Å². The number of rotatable bonds is 6. The molecule has 5 rings (SSSR count). The van der Waals surface area contributed by atoms with E-state index >= 15 is 0 Å². The molecular formula is C30H24N2O3. The number of esters is 1. The van der Waals surface area contributed by atoms with Gasteiger partial charge < -0.3 is 10.1 Å². The number of methoxy groups -OCH3 is 1. The summed E-state index contributed by atoms with van der Waals surface area (Å²) < 4.78 is 5.02. The molecule has 4 aromatic carbocycles. The lowest BCUT2D eigenvalue weighted by molar-refractivity contribution is -0.142. The Morgan fingerprint density at radius 1 is 0.743 bits per heavy atom. The Kier molecular flexibility index (Phi) is 6.22. The van der Waals surface area contributed by atoms with Gasteiger partial charge in [-0.05, 0) is 28.8 Å². The zero-order valence-corrected chi connectivity index (χ0v) is 19.3. The first kappa shape index (κ1) is 22.3. The number of aromatic nitrogens is 1. The molecule has 0 aliphatic rings. The lowest BCUT2D eigenvalue weighted by Gasteiger charge is -2.18. The van der Waals surface area contributed by atoms with Gasteiger partial charge in [-0.1, -0.05) is 91.0 Å². The first-order valence-electron chi connectivity index (χ1n) is 11.4. The van der Waals surface area contributed by atoms with E-state index in [0.717, 1.165) is 38.5 Å². The minimum Gasteiger partial charge on any atom is -0.467 e. The molecule has 0 fully saturated rings. The monoisotopic (exact) mass is 460 g/mol. The van der Waals surface area contributed by atoms with E-state index in [1.165, 1.54) is 7.11 Å². The van der Waals surface area contributed by atoms with Gasteiger partial charge >= 0.3 is 5.97 Å². The third-order valence-electron chi connectivity index (χ3n) is 6.11. The summed E-state index contributed by atoms with van der Waals surface area (Å²) in [6, 6.07) is 32.3. The highest BCUT2D eigenvalue weighted by Gasteiger charge is 2.25. The SMILES string of the molecule is COC(=O)[C@@H](Cc1ccc(-c2ccccc2)cc1)NC(=O)c1c2ccccc2nc2ccccc12. The molecule has 5 nitrogen and oxygen atoms in total. The maximum atomic E-state index is 13.6. The van der Waals surface area contributed by atoms with Crippen molar-refractivity contribution in [1.29, 1.82) is 0 Å². The van der Waals surface area contributed by atoms with Crippen molar-refractivity contribution in [3.8, 4) is 11.1 Å². The van der Waals surface area contributed by atoms with Gasteiger partial charge in [-0.15, -0.1) is 0 Å². The first-order valence-corrected chi connectivity index (χ1v) is 11.4. The number of nitrogens with one attached hydrogen (secondary N) is 1. The number of amides is 1. The Hall–Kier alpha value is -4.51. The molecule has 0 radical (unpaired) electrons. The van der Waals surface area contributed by atoms with Crippen LogP contribution >= 0.6 is 0 Å². The van der Waals surface area contributed by atoms with Crippen LogP contribution in [0.4, 0.5) is 0 Å². The van der Waals surface area contributed by atoms with E-state index in [4.69, 9.17) is 4.74 Å². The number of hydrogen-bond donors (Lipinski definition) is 1. The van der Waals surface area contributed by atoms with E-state index in [1.807, 2.05) is 91.0 Å². The van der Waals surface area contributed by atoms with Crippen LogP contribution in [0.5, 0.6) is 0 Å². The molecule has 35 heavy (non-hydrogen) atoms. The normalized spacial score (nSPS) is 11.8. The minimum atomic E-state index is -0.833. The number of fused-ring (bicyclic) bond motifs is 2. The topological polar surface area (TPSA) is 68.3 Å². The summed E-state index contributed by atoms with van der Waals surface area (Å²) >= 11 is 0. The van der Waals surface area contributed by atoms with E-state index in [9.17, 15) is 9.59 Å². The van der Waals surface area contributed by atoms with Crippen LogP contribution in [0.15, 0.2) is 103 Å². The molecule has 1 atom stereocenters. The number of benzene rings is 4. The molecule has 0 saturated heterocycles. The molecular weight excluding hydrogens is 436 g/mol. The van der Waals surface area contributed by atoms with Crippen LogP contribution in [0, 0.1) is 0 Å². The van der Waals surface area contributed by atoms with Crippen molar-refractivity contribution in [2.75, 3.05) is 7.11 Å². The Balaban J connectivity index is 1.45. The van der Waals surface area contributed by atoms with Gasteiger partial charge in [-0.3, -0.25) is 4.79 Å². The van der Waals surface area contributed by atoms with E-state index in [1.54, 1.807) is 0 Å². The fraction of sp³-hybridized carbons (Fsp3) is 0.100. The van der Waals surface area contributed by atoms with Crippen LogP contribution in [0.25, 0.3) is 32.9 Å². The Labute approximate surface area is 203 Å². The third-order valence-corrected chi connectivity index (χ3v) is 6.11. The molecule has 0 spiro atoms. The molecule has 0 aliphatic carbocycles. The maximum absolute atomic E-state index is 13.6. The number of carbonyl (C=O) groups is 2. The second-order valence-corrected chi connectivity index (χ2v) is 8.34. The number of ether oxygens (including phenoxy) is 1. The molecule has 0 unspecified atom stereocenters. The van der Waals surface area contributed by atoms with Crippen molar-refractivity contribution in [3.63, 3.8) is 0 Å². The molecule has 1 amide bonds. The van der Waals surface area contributed by atoms with Gasteiger partial charge in [0.1, 0.15) is 6.04 Å². The van der Waals surface area contributed by atoms with Crippen LogP contribution in [-0.4, -0.2) is 30.0 Å². The van der Waals surface area contributed by atoms with E-state index in [-0.39, 0.29) is 5.91 Å². The molecule has 0 saturated carbocycles. The summed E-state index contributed by atoms with van der Waals surface area (Å²) in [6.07, 6.45) is 0.314. The molecule has 1 N–H and O–H groups in total. The highest BCUT2D eigenvalue weighted by molar-refractivity contribution is 6.16. The Morgan fingerprint density at radius 3 is 1.89 bits per heavy atom. The molecule has 0 bridgehead atoms. The highest BCUT2D eigenvalue weighted by atomic mass is 16.5. The Morgan fingerprint density at radius 2 is 1.29 bits per heavy atom. The smallest absolute Gasteiger partial charge is 0.328 e. The zero-order chi connectivity index (χ0) is 24.2. The van der Waals surface area contributed by atoms with Gasteiger partial charge in [0.25, 0.3) is 5.91 Å². The van der Waals surface area contributed by atoms with Crippen molar-refractivity contribution in [2.45, 2.75) is 12.5 Å². The summed E-state index contributed by atoms with van der Waals surface area (Å²) in [4.78, 5) is 30.9. The van der Waals surface area contributed by atoms with Gasteiger partial charge in [0.2, 0.25) is 0 Å². The summed E-state index contributed by atoms with van der Waals surface area (Å²) in [5.74, 6) is -0.829. The predicted molar refractivity (Wildman–Crippen MR) is 138 cm³/mol. The molecule has 172 valence electrons. The summed E-state index contributed by atoms with van der Waals surface area (Å²) in [5, 5.41) is 4.39. The molecule has 0 aliphatic heterocycles. The van der Waals surface area contributed by atoms with Crippen molar-refractivity contribution in [3.05, 3.63) is 114 Å². The van der Waals surface area contributed by atoms with Gasteiger partial charge in [0.15, 0.2) is 0 Å². The van der Waals surface area contributed by atoms with Crippen molar-refractivity contribution in [1.82, 2.24) is 10.3 Å². The molecule has 1 aromatic heterocycles. The lowest BCUT2D eigenvalue weighted by Crippen LogP contribution is -2.43. The predicted octanol–water partition coefficient (Wildman–Crippen LogP) is 5.57. The molecule has 5 aromatic rings. The first-order chi connectivity index (χ1) is 17.1.